The van der Waals surface area contributed by atoms with Crippen LogP contribution in [0.4, 0.5) is 0 Å². The summed E-state index contributed by atoms with van der Waals surface area (Å²) >= 11 is 0. The Kier molecular flexibility index (Phi) is 4.81. The number of aromatic nitrogens is 1. The molecule has 4 rings (SSSR count). The summed E-state index contributed by atoms with van der Waals surface area (Å²) < 4.78 is 15.5. The molecule has 0 radical (unpaired) electrons. The summed E-state index contributed by atoms with van der Waals surface area (Å²) in [5.74, 6) is -4.93. The molecule has 7 nitrogen and oxygen atoms in total. The number of benzene rings is 2. The molecule has 1 saturated heterocycles. The Morgan fingerprint density at radius 2 is 1.67 bits per heavy atom. The lowest BCUT2D eigenvalue weighted by molar-refractivity contribution is -0.240. The number of para-hydroxylation sites is 1. The zero-order valence-corrected chi connectivity index (χ0v) is 16.8. The van der Waals surface area contributed by atoms with Crippen LogP contribution in [0.25, 0.3) is 10.9 Å². The van der Waals surface area contributed by atoms with Gasteiger partial charge in [-0.2, -0.15) is 0 Å². The molecule has 1 N–H and O–H groups in total. The number of methoxy groups -OCH3 is 1. The van der Waals surface area contributed by atoms with Gasteiger partial charge in [-0.05, 0) is 29.3 Å². The SMILES string of the molecule is COC(=O)c1ccc(C(c2c[nH]c3ccccc23)C2C(=O)OC(C)(C)OC2=O)cc1. The molecule has 1 fully saturated rings. The van der Waals surface area contributed by atoms with E-state index in [1.54, 1.807) is 30.5 Å². The summed E-state index contributed by atoms with van der Waals surface area (Å²) in [5, 5.41) is 0.880. The van der Waals surface area contributed by atoms with Crippen molar-refractivity contribution >= 4 is 28.8 Å². The second-order valence-electron chi connectivity index (χ2n) is 7.60. The Hall–Kier alpha value is -3.61. The number of H-pyrrole nitrogens is 1. The summed E-state index contributed by atoms with van der Waals surface area (Å²) in [6.07, 6.45) is 1.78. The average molecular weight is 407 g/mol. The summed E-state index contributed by atoms with van der Waals surface area (Å²) in [5.41, 5.74) is 2.68. The molecular weight excluding hydrogens is 386 g/mol. The number of carbonyl (C=O) groups is 3. The van der Waals surface area contributed by atoms with Crippen molar-refractivity contribution in [1.29, 1.82) is 0 Å². The van der Waals surface area contributed by atoms with Crippen molar-refractivity contribution in [3.05, 3.63) is 71.4 Å². The minimum absolute atomic E-state index is 0.369. The Morgan fingerprint density at radius 1 is 1.03 bits per heavy atom. The lowest BCUT2D eigenvalue weighted by atomic mass is 9.79. The molecule has 0 aliphatic carbocycles. The number of hydrogen-bond acceptors (Lipinski definition) is 6. The Morgan fingerprint density at radius 3 is 2.30 bits per heavy atom. The van der Waals surface area contributed by atoms with Crippen LogP contribution >= 0.6 is 0 Å². The Bertz CT molecular complexity index is 1110. The van der Waals surface area contributed by atoms with Gasteiger partial charge in [-0.25, -0.2) is 4.79 Å². The largest absolute Gasteiger partial charge is 0.465 e. The highest BCUT2D eigenvalue weighted by atomic mass is 16.7. The van der Waals surface area contributed by atoms with Gasteiger partial charge >= 0.3 is 17.9 Å². The quantitative estimate of drug-likeness (QED) is 0.525. The predicted molar refractivity (Wildman–Crippen MR) is 108 cm³/mol. The van der Waals surface area contributed by atoms with Crippen LogP contribution in [0.5, 0.6) is 0 Å². The van der Waals surface area contributed by atoms with E-state index >= 15 is 0 Å². The van der Waals surface area contributed by atoms with E-state index in [4.69, 9.17) is 14.2 Å². The maximum absolute atomic E-state index is 12.9. The highest BCUT2D eigenvalue weighted by molar-refractivity contribution is 5.99. The number of fused-ring (bicyclic) bond motifs is 1. The van der Waals surface area contributed by atoms with E-state index in [0.29, 0.717) is 11.1 Å². The van der Waals surface area contributed by atoms with E-state index in [1.807, 2.05) is 24.3 Å². The van der Waals surface area contributed by atoms with Crippen molar-refractivity contribution in [3.8, 4) is 0 Å². The van der Waals surface area contributed by atoms with Crippen molar-refractivity contribution in [1.82, 2.24) is 4.98 Å². The second-order valence-corrected chi connectivity index (χ2v) is 7.60. The number of nitrogens with one attached hydrogen (secondary N) is 1. The molecule has 30 heavy (non-hydrogen) atoms. The summed E-state index contributed by atoms with van der Waals surface area (Å²) in [7, 11) is 1.31. The smallest absolute Gasteiger partial charge is 0.337 e. The van der Waals surface area contributed by atoms with E-state index in [1.165, 1.54) is 21.0 Å². The van der Waals surface area contributed by atoms with Crippen LogP contribution in [0, 0.1) is 5.92 Å². The third-order valence-electron chi connectivity index (χ3n) is 5.18. The van der Waals surface area contributed by atoms with Crippen molar-refractivity contribution in [2.75, 3.05) is 7.11 Å². The van der Waals surface area contributed by atoms with Gasteiger partial charge in [0.05, 0.1) is 12.7 Å². The lowest BCUT2D eigenvalue weighted by Crippen LogP contribution is -2.48. The zero-order valence-electron chi connectivity index (χ0n) is 16.8. The van der Waals surface area contributed by atoms with E-state index in [0.717, 1.165) is 16.5 Å². The Labute approximate surface area is 172 Å². The summed E-state index contributed by atoms with van der Waals surface area (Å²) in [6, 6.07) is 14.2. The van der Waals surface area contributed by atoms with Gasteiger partial charge in [0.2, 0.25) is 0 Å². The van der Waals surface area contributed by atoms with Crippen LogP contribution in [-0.2, 0) is 23.8 Å². The lowest BCUT2D eigenvalue weighted by Gasteiger charge is -2.36. The van der Waals surface area contributed by atoms with E-state index in [2.05, 4.69) is 4.98 Å². The summed E-state index contributed by atoms with van der Waals surface area (Å²) in [4.78, 5) is 40.7. The van der Waals surface area contributed by atoms with Crippen molar-refractivity contribution in [3.63, 3.8) is 0 Å². The third kappa shape index (κ3) is 3.43. The first kappa shape index (κ1) is 19.7. The van der Waals surface area contributed by atoms with Gasteiger partial charge in [-0.15, -0.1) is 0 Å². The van der Waals surface area contributed by atoms with Crippen LogP contribution < -0.4 is 0 Å². The van der Waals surface area contributed by atoms with Crippen molar-refractivity contribution in [2.24, 2.45) is 5.92 Å². The molecule has 0 saturated carbocycles. The molecule has 2 heterocycles. The van der Waals surface area contributed by atoms with Crippen LogP contribution in [0.3, 0.4) is 0 Å². The number of carbonyl (C=O) groups excluding carboxylic acids is 3. The molecule has 1 atom stereocenters. The summed E-state index contributed by atoms with van der Waals surface area (Å²) in [6.45, 7) is 3.04. The Balaban J connectivity index is 1.85. The number of ether oxygens (including phenoxy) is 3. The normalized spacial score (nSPS) is 17.3. The van der Waals surface area contributed by atoms with Gasteiger partial charge in [0.15, 0.2) is 5.92 Å². The molecule has 154 valence electrons. The first-order chi connectivity index (χ1) is 14.3. The molecule has 1 unspecified atom stereocenters. The van der Waals surface area contributed by atoms with Crippen LogP contribution in [0.1, 0.15) is 41.3 Å². The second kappa shape index (κ2) is 7.33. The van der Waals surface area contributed by atoms with Gasteiger partial charge in [0.1, 0.15) is 0 Å². The number of esters is 3. The first-order valence-corrected chi connectivity index (χ1v) is 9.51. The molecule has 7 heteroatoms. The highest BCUT2D eigenvalue weighted by Crippen LogP contribution is 2.40. The molecule has 0 amide bonds. The van der Waals surface area contributed by atoms with Crippen LogP contribution in [-0.4, -0.2) is 35.8 Å². The first-order valence-electron chi connectivity index (χ1n) is 9.51. The molecule has 0 bridgehead atoms. The van der Waals surface area contributed by atoms with Gasteiger partial charge in [-0.3, -0.25) is 9.59 Å². The van der Waals surface area contributed by atoms with Gasteiger partial charge < -0.3 is 19.2 Å². The zero-order chi connectivity index (χ0) is 21.5. The molecule has 2 aromatic carbocycles. The van der Waals surface area contributed by atoms with E-state index in [9.17, 15) is 14.4 Å². The minimum atomic E-state index is -1.32. The number of cyclic esters (lactones) is 2. The maximum atomic E-state index is 12.9. The number of rotatable bonds is 4. The van der Waals surface area contributed by atoms with Crippen molar-refractivity contribution in [2.45, 2.75) is 25.6 Å². The number of aromatic amines is 1. The standard InChI is InChI=1S/C23H21NO6/c1-23(2)29-21(26)19(22(27)30-23)18(13-8-10-14(11-9-13)20(25)28-3)16-12-24-17-7-5-4-6-15(16)17/h4-12,18-19,24H,1-3H3. The number of hydrogen-bond donors (Lipinski definition) is 1. The fourth-order valence-corrected chi connectivity index (χ4v) is 3.85. The van der Waals surface area contributed by atoms with Crippen molar-refractivity contribution < 1.29 is 28.6 Å². The molecule has 3 aromatic rings. The van der Waals surface area contributed by atoms with Gasteiger partial charge in [0.25, 0.3) is 5.79 Å². The topological polar surface area (TPSA) is 94.7 Å². The molecular formula is C23H21NO6. The monoisotopic (exact) mass is 407 g/mol. The fourth-order valence-electron chi connectivity index (χ4n) is 3.85. The maximum Gasteiger partial charge on any atom is 0.337 e. The highest BCUT2D eigenvalue weighted by Gasteiger charge is 2.48. The molecule has 1 aliphatic rings. The molecule has 1 aromatic heterocycles. The van der Waals surface area contributed by atoms with Crippen LogP contribution in [0.2, 0.25) is 0 Å². The molecule has 0 spiro atoms. The van der Waals surface area contributed by atoms with Gasteiger partial charge in [-0.1, -0.05) is 30.3 Å². The van der Waals surface area contributed by atoms with E-state index < -0.39 is 35.5 Å². The average Bonchev–Trinajstić information content (AvgIpc) is 3.13. The minimum Gasteiger partial charge on any atom is -0.465 e. The molecule has 1 aliphatic heterocycles. The third-order valence-corrected chi connectivity index (χ3v) is 5.18. The van der Waals surface area contributed by atoms with E-state index in [-0.39, 0.29) is 0 Å². The fraction of sp³-hybridized carbons (Fsp3) is 0.261. The van der Waals surface area contributed by atoms with Crippen LogP contribution in [0.15, 0.2) is 54.7 Å². The predicted octanol–water partition coefficient (Wildman–Crippen LogP) is 3.54. The van der Waals surface area contributed by atoms with Gasteiger partial charge in [0, 0.05) is 36.9 Å².